The van der Waals surface area contributed by atoms with Crippen molar-refractivity contribution in [2.24, 2.45) is 16.7 Å². The molecule has 0 aromatic rings. The maximum atomic E-state index is 11.4. The van der Waals surface area contributed by atoms with E-state index in [2.05, 4.69) is 26.1 Å². The van der Waals surface area contributed by atoms with Crippen molar-refractivity contribution < 1.29 is 5.11 Å². The summed E-state index contributed by atoms with van der Waals surface area (Å²) in [7, 11) is 0. The lowest BCUT2D eigenvalue weighted by Crippen LogP contribution is -2.64. The third kappa shape index (κ3) is 1.01. The van der Waals surface area contributed by atoms with Crippen LogP contribution in [0.2, 0.25) is 0 Å². The van der Waals surface area contributed by atoms with Gasteiger partial charge in [-0.3, -0.25) is 0 Å². The Hall–Kier alpha value is -0.0800. The molecular weight excluding hydrogens is 198 g/mol. The summed E-state index contributed by atoms with van der Waals surface area (Å²) in [6, 6.07) is 0.331. The highest BCUT2D eigenvalue weighted by atomic mass is 16.3. The summed E-state index contributed by atoms with van der Waals surface area (Å²) in [5.74, 6) is 0.727. The first-order valence-corrected chi connectivity index (χ1v) is 6.88. The van der Waals surface area contributed by atoms with Gasteiger partial charge in [-0.05, 0) is 55.4 Å². The summed E-state index contributed by atoms with van der Waals surface area (Å²) in [6.07, 6.45) is 6.15. The number of rotatable bonds is 1. The van der Waals surface area contributed by atoms with Gasteiger partial charge in [-0.2, -0.15) is 0 Å². The minimum absolute atomic E-state index is 0.0853. The van der Waals surface area contributed by atoms with Gasteiger partial charge in [0.05, 0.1) is 5.60 Å². The van der Waals surface area contributed by atoms with Crippen LogP contribution in [-0.2, 0) is 0 Å². The van der Waals surface area contributed by atoms with E-state index in [-0.39, 0.29) is 10.8 Å². The van der Waals surface area contributed by atoms with Gasteiger partial charge >= 0.3 is 0 Å². The fraction of sp³-hybridized carbons (Fsp3) is 1.00. The van der Waals surface area contributed by atoms with E-state index in [4.69, 9.17) is 0 Å². The van der Waals surface area contributed by atoms with Crippen LogP contribution in [0.4, 0.5) is 0 Å². The second-order valence-corrected chi connectivity index (χ2v) is 7.14. The van der Waals surface area contributed by atoms with Crippen molar-refractivity contribution in [3.05, 3.63) is 0 Å². The Kier molecular flexibility index (Phi) is 2.09. The summed E-state index contributed by atoms with van der Waals surface area (Å²) in [4.78, 5) is 0. The Morgan fingerprint density at radius 1 is 1.19 bits per heavy atom. The highest BCUT2D eigenvalue weighted by Crippen LogP contribution is 2.69. The Labute approximate surface area is 98.8 Å². The van der Waals surface area contributed by atoms with Crippen molar-refractivity contribution in [3.63, 3.8) is 0 Å². The number of fused-ring (bicyclic) bond motifs is 2. The van der Waals surface area contributed by atoms with Crippen LogP contribution in [0.15, 0.2) is 0 Å². The average molecular weight is 223 g/mol. The molecule has 1 heterocycles. The maximum absolute atomic E-state index is 11.4. The topological polar surface area (TPSA) is 32.3 Å². The van der Waals surface area contributed by atoms with Crippen molar-refractivity contribution in [2.45, 2.75) is 64.5 Å². The lowest BCUT2D eigenvalue weighted by molar-refractivity contribution is -0.161. The first-order valence-electron chi connectivity index (χ1n) is 6.88. The third-order valence-electron chi connectivity index (χ3n) is 6.23. The molecule has 1 saturated heterocycles. The Morgan fingerprint density at radius 2 is 1.94 bits per heavy atom. The van der Waals surface area contributed by atoms with E-state index < -0.39 is 5.60 Å². The Bertz CT molecular complexity index is 301. The van der Waals surface area contributed by atoms with Gasteiger partial charge in [0.2, 0.25) is 0 Å². The first-order chi connectivity index (χ1) is 7.42. The predicted molar refractivity (Wildman–Crippen MR) is 65.2 cm³/mol. The summed E-state index contributed by atoms with van der Waals surface area (Å²) in [6.45, 7) is 8.00. The van der Waals surface area contributed by atoms with Gasteiger partial charge in [-0.25, -0.2) is 0 Å². The molecule has 0 spiro atoms. The number of nitrogens with one attached hydrogen (secondary N) is 1. The first kappa shape index (κ1) is 11.0. The molecule has 2 heteroatoms. The van der Waals surface area contributed by atoms with Crippen LogP contribution in [0.25, 0.3) is 0 Å². The fourth-order valence-corrected chi connectivity index (χ4v) is 5.20. The smallest absolute Gasteiger partial charge is 0.0906 e. The molecule has 2 saturated carbocycles. The predicted octanol–water partition coefficient (Wildman–Crippen LogP) is 2.32. The van der Waals surface area contributed by atoms with Gasteiger partial charge in [0.15, 0.2) is 0 Å². The van der Waals surface area contributed by atoms with E-state index in [9.17, 15) is 5.11 Å². The highest BCUT2D eigenvalue weighted by molar-refractivity contribution is 5.22. The summed E-state index contributed by atoms with van der Waals surface area (Å²) in [5.41, 5.74) is -0.245. The fourth-order valence-electron chi connectivity index (χ4n) is 5.20. The lowest BCUT2D eigenvalue weighted by Gasteiger charge is -2.54. The molecule has 1 aliphatic heterocycles. The van der Waals surface area contributed by atoms with E-state index in [0.29, 0.717) is 6.04 Å². The van der Waals surface area contributed by atoms with E-state index in [1.165, 1.54) is 25.7 Å². The molecule has 0 radical (unpaired) electrons. The Balaban J connectivity index is 2.03. The van der Waals surface area contributed by atoms with Crippen LogP contribution in [0.1, 0.15) is 52.9 Å². The lowest BCUT2D eigenvalue weighted by atomic mass is 9.57. The largest absolute Gasteiger partial charge is 0.387 e. The summed E-state index contributed by atoms with van der Waals surface area (Å²) in [5, 5.41) is 15.0. The number of aliphatic hydroxyl groups is 1. The normalized spacial score (nSPS) is 54.8. The molecule has 3 aliphatic rings. The van der Waals surface area contributed by atoms with E-state index in [1.807, 2.05) is 0 Å². The van der Waals surface area contributed by atoms with Gasteiger partial charge in [-0.15, -0.1) is 0 Å². The highest BCUT2D eigenvalue weighted by Gasteiger charge is 2.70. The second kappa shape index (κ2) is 3.02. The van der Waals surface area contributed by atoms with Crippen molar-refractivity contribution in [3.8, 4) is 0 Å². The van der Waals surface area contributed by atoms with Crippen LogP contribution in [0, 0.1) is 16.7 Å². The van der Waals surface area contributed by atoms with E-state index >= 15 is 0 Å². The van der Waals surface area contributed by atoms with Gasteiger partial charge in [0, 0.05) is 6.04 Å². The summed E-state index contributed by atoms with van der Waals surface area (Å²) < 4.78 is 0. The van der Waals surface area contributed by atoms with Crippen molar-refractivity contribution in [1.29, 1.82) is 0 Å². The molecule has 0 amide bonds. The molecule has 16 heavy (non-hydrogen) atoms. The molecule has 2 N–H and O–H groups in total. The zero-order chi connectivity index (χ0) is 11.6. The van der Waals surface area contributed by atoms with Crippen LogP contribution >= 0.6 is 0 Å². The van der Waals surface area contributed by atoms with Gasteiger partial charge in [0.25, 0.3) is 0 Å². The zero-order valence-corrected chi connectivity index (χ0v) is 10.8. The molecule has 4 atom stereocenters. The number of hydrogen-bond acceptors (Lipinski definition) is 2. The quantitative estimate of drug-likeness (QED) is 0.715. The monoisotopic (exact) mass is 223 g/mol. The molecule has 2 bridgehead atoms. The molecule has 3 fully saturated rings. The maximum Gasteiger partial charge on any atom is 0.0906 e. The SMILES string of the molecule is CC12CCC(C1)C(C)(C)C2(O)C1CCCN1. The minimum atomic E-state index is -0.487. The molecule has 92 valence electrons. The molecule has 2 aliphatic carbocycles. The third-order valence-corrected chi connectivity index (χ3v) is 6.23. The second-order valence-electron chi connectivity index (χ2n) is 7.14. The zero-order valence-electron chi connectivity index (χ0n) is 10.8. The van der Waals surface area contributed by atoms with Crippen LogP contribution in [0.5, 0.6) is 0 Å². The van der Waals surface area contributed by atoms with Crippen LogP contribution < -0.4 is 5.32 Å². The molecular formula is C14H25NO. The molecule has 3 rings (SSSR count). The van der Waals surface area contributed by atoms with Gasteiger partial charge in [-0.1, -0.05) is 20.8 Å². The minimum Gasteiger partial charge on any atom is -0.387 e. The van der Waals surface area contributed by atoms with Crippen molar-refractivity contribution in [1.82, 2.24) is 5.32 Å². The van der Waals surface area contributed by atoms with E-state index in [1.54, 1.807) is 0 Å². The van der Waals surface area contributed by atoms with Gasteiger partial charge in [0.1, 0.15) is 0 Å². The van der Waals surface area contributed by atoms with E-state index in [0.717, 1.165) is 18.9 Å². The van der Waals surface area contributed by atoms with Crippen LogP contribution in [0.3, 0.4) is 0 Å². The molecule has 4 unspecified atom stereocenters. The molecule has 0 aromatic heterocycles. The number of hydrogen-bond donors (Lipinski definition) is 2. The Morgan fingerprint density at radius 3 is 2.44 bits per heavy atom. The van der Waals surface area contributed by atoms with Crippen LogP contribution in [-0.4, -0.2) is 23.3 Å². The summed E-state index contributed by atoms with van der Waals surface area (Å²) >= 11 is 0. The van der Waals surface area contributed by atoms with Crippen molar-refractivity contribution in [2.75, 3.05) is 6.54 Å². The molecule has 0 aromatic carbocycles. The molecule has 2 nitrogen and oxygen atoms in total. The average Bonchev–Trinajstić information content (AvgIpc) is 2.86. The standard InChI is InChI=1S/C14H25NO/c1-12(2)10-6-7-13(3,9-10)14(12,16)11-5-4-8-15-11/h10-11,15-16H,4-9H2,1-3H3. The van der Waals surface area contributed by atoms with Gasteiger partial charge < -0.3 is 10.4 Å². The van der Waals surface area contributed by atoms with Crippen molar-refractivity contribution >= 4 is 0 Å².